The zero-order chi connectivity index (χ0) is 15.6. The number of hydrogen-bond acceptors (Lipinski definition) is 8. The van der Waals surface area contributed by atoms with E-state index in [1.54, 1.807) is 0 Å². The van der Waals surface area contributed by atoms with Crippen LogP contribution in [0.3, 0.4) is 0 Å². The van der Waals surface area contributed by atoms with E-state index >= 15 is 0 Å². The van der Waals surface area contributed by atoms with Crippen molar-refractivity contribution >= 4 is 13.6 Å². The first-order valence-corrected chi connectivity index (χ1v) is 7.53. The van der Waals surface area contributed by atoms with E-state index < -0.39 is 31.9 Å². The van der Waals surface area contributed by atoms with E-state index in [1.165, 1.54) is 16.8 Å². The summed E-state index contributed by atoms with van der Waals surface area (Å²) in [6.45, 7) is -0.351. The minimum atomic E-state index is -4.15. The smallest absolute Gasteiger partial charge is 0.390 e. The second kappa shape index (κ2) is 6.22. The molecule has 1 aliphatic heterocycles. The molecule has 0 bridgehead atoms. The first kappa shape index (κ1) is 16.1. The number of ether oxygens (including phenoxy) is 1. The van der Waals surface area contributed by atoms with Crippen LogP contribution in [0.25, 0.3) is 0 Å². The third-order valence-electron chi connectivity index (χ3n) is 3.00. The summed E-state index contributed by atoms with van der Waals surface area (Å²) in [6.07, 6.45) is -1.07. The Morgan fingerprint density at radius 2 is 2.38 bits per heavy atom. The number of aliphatic hydroxyl groups is 1. The van der Waals surface area contributed by atoms with E-state index in [-0.39, 0.29) is 18.8 Å². The molecular formula is C10H16N3O7P. The summed E-state index contributed by atoms with van der Waals surface area (Å²) in [7, 11) is -3.13. The molecule has 1 aromatic heterocycles. The Labute approximate surface area is 119 Å². The summed E-state index contributed by atoms with van der Waals surface area (Å²) >= 11 is 0. The van der Waals surface area contributed by atoms with Crippen molar-refractivity contribution in [2.75, 3.05) is 19.5 Å². The fourth-order valence-electron chi connectivity index (χ4n) is 1.90. The summed E-state index contributed by atoms with van der Waals surface area (Å²) in [6, 6.07) is 1.42. The Morgan fingerprint density at radius 3 is 3.00 bits per heavy atom. The maximum absolute atomic E-state index is 11.7. The molecule has 0 aromatic carbocycles. The van der Waals surface area contributed by atoms with Gasteiger partial charge >= 0.3 is 13.5 Å². The molecule has 11 heteroatoms. The Kier molecular flexibility index (Phi) is 4.77. The highest BCUT2D eigenvalue weighted by Gasteiger charge is 2.37. The number of aliphatic hydroxyl groups excluding tert-OH is 1. The van der Waals surface area contributed by atoms with Crippen LogP contribution in [0.4, 0.5) is 5.82 Å². The Bertz CT molecular complexity index is 607. The molecule has 0 radical (unpaired) electrons. The van der Waals surface area contributed by atoms with Gasteiger partial charge in [-0.2, -0.15) is 4.98 Å². The minimum absolute atomic E-state index is 0.0796. The summed E-state index contributed by atoms with van der Waals surface area (Å²) in [4.78, 5) is 24.4. The summed E-state index contributed by atoms with van der Waals surface area (Å²) in [5.74, 6) is 0.0796. The summed E-state index contributed by atoms with van der Waals surface area (Å²) in [5.41, 5.74) is 4.77. The molecule has 0 amide bonds. The molecule has 4 atom stereocenters. The molecule has 10 nitrogen and oxygen atoms in total. The molecule has 118 valence electrons. The van der Waals surface area contributed by atoms with Gasteiger partial charge in [-0.3, -0.25) is 13.6 Å². The standard InChI is InChI=1S/C10H16N3O7P/c1-18-21(16,17)19-5-7-6(14)4-9(20-7)13-3-2-8(11)12-10(13)15/h2-3,6-7,9,14H,4-5H2,1H3,(H,16,17)(H2,11,12,15). The fraction of sp³-hybridized carbons (Fsp3) is 0.600. The van der Waals surface area contributed by atoms with Crippen LogP contribution in [0.1, 0.15) is 12.6 Å². The molecule has 4 N–H and O–H groups in total. The van der Waals surface area contributed by atoms with Gasteiger partial charge in [-0.05, 0) is 6.07 Å². The van der Waals surface area contributed by atoms with Crippen molar-refractivity contribution in [1.82, 2.24) is 9.55 Å². The zero-order valence-electron chi connectivity index (χ0n) is 11.2. The van der Waals surface area contributed by atoms with Crippen molar-refractivity contribution in [3.8, 4) is 0 Å². The number of nitrogens with two attached hydrogens (primary N) is 1. The van der Waals surface area contributed by atoms with E-state index in [0.717, 1.165) is 7.11 Å². The lowest BCUT2D eigenvalue weighted by Gasteiger charge is -2.17. The second-order valence-electron chi connectivity index (χ2n) is 4.42. The van der Waals surface area contributed by atoms with Gasteiger partial charge in [0.2, 0.25) is 0 Å². The van der Waals surface area contributed by atoms with Crippen molar-refractivity contribution in [3.05, 3.63) is 22.7 Å². The van der Waals surface area contributed by atoms with Crippen LogP contribution >= 0.6 is 7.82 Å². The van der Waals surface area contributed by atoms with E-state index in [0.29, 0.717) is 0 Å². The largest absolute Gasteiger partial charge is 0.472 e. The van der Waals surface area contributed by atoms with Crippen molar-refractivity contribution in [2.24, 2.45) is 0 Å². The number of phosphoric acid groups is 1. The normalized spacial score (nSPS) is 28.4. The lowest BCUT2D eigenvalue weighted by Crippen LogP contribution is -2.28. The van der Waals surface area contributed by atoms with Crippen molar-refractivity contribution in [2.45, 2.75) is 24.9 Å². The molecular weight excluding hydrogens is 305 g/mol. The van der Waals surface area contributed by atoms with Gasteiger partial charge in [0.25, 0.3) is 0 Å². The monoisotopic (exact) mass is 321 g/mol. The van der Waals surface area contributed by atoms with Crippen LogP contribution < -0.4 is 11.4 Å². The van der Waals surface area contributed by atoms with Crippen LogP contribution in [-0.4, -0.2) is 45.5 Å². The molecule has 0 spiro atoms. The van der Waals surface area contributed by atoms with Gasteiger partial charge in [-0.25, -0.2) is 9.36 Å². The molecule has 2 rings (SSSR count). The van der Waals surface area contributed by atoms with E-state index in [2.05, 4.69) is 14.0 Å². The highest BCUT2D eigenvalue weighted by molar-refractivity contribution is 7.47. The van der Waals surface area contributed by atoms with Gasteiger partial charge in [0.05, 0.1) is 12.7 Å². The predicted octanol–water partition coefficient (Wildman–Crippen LogP) is -0.763. The van der Waals surface area contributed by atoms with Crippen LogP contribution in [0, 0.1) is 0 Å². The Hall–Kier alpha value is -1.29. The zero-order valence-corrected chi connectivity index (χ0v) is 12.1. The van der Waals surface area contributed by atoms with E-state index in [9.17, 15) is 14.5 Å². The number of rotatable bonds is 5. The maximum atomic E-state index is 11.7. The van der Waals surface area contributed by atoms with Gasteiger partial charge < -0.3 is 20.5 Å². The average Bonchev–Trinajstić information content (AvgIpc) is 2.78. The molecule has 4 unspecified atom stereocenters. The highest BCUT2D eigenvalue weighted by atomic mass is 31.2. The van der Waals surface area contributed by atoms with Crippen LogP contribution in [-0.2, 0) is 18.3 Å². The highest BCUT2D eigenvalue weighted by Crippen LogP contribution is 2.43. The van der Waals surface area contributed by atoms with Crippen molar-refractivity contribution < 1.29 is 28.3 Å². The van der Waals surface area contributed by atoms with Gasteiger partial charge in [0.15, 0.2) is 0 Å². The van der Waals surface area contributed by atoms with Gasteiger partial charge in [-0.15, -0.1) is 0 Å². The third-order valence-corrected chi connectivity index (χ3v) is 3.94. The molecule has 2 heterocycles. The van der Waals surface area contributed by atoms with E-state index in [1.807, 2.05) is 0 Å². The lowest BCUT2D eigenvalue weighted by molar-refractivity contribution is -0.0457. The molecule has 0 aliphatic carbocycles. The average molecular weight is 321 g/mol. The predicted molar refractivity (Wildman–Crippen MR) is 70.2 cm³/mol. The van der Waals surface area contributed by atoms with Crippen LogP contribution in [0.2, 0.25) is 0 Å². The van der Waals surface area contributed by atoms with Crippen LogP contribution in [0.5, 0.6) is 0 Å². The number of phosphoric ester groups is 1. The number of nitrogens with zero attached hydrogens (tertiary/aromatic N) is 2. The first-order chi connectivity index (χ1) is 9.82. The van der Waals surface area contributed by atoms with Gasteiger partial charge in [0.1, 0.15) is 18.1 Å². The lowest BCUT2D eigenvalue weighted by atomic mass is 10.2. The number of hydrogen-bond donors (Lipinski definition) is 3. The van der Waals surface area contributed by atoms with E-state index in [4.69, 9.17) is 15.4 Å². The number of aromatic nitrogens is 2. The number of anilines is 1. The molecule has 1 fully saturated rings. The molecule has 1 saturated heterocycles. The molecule has 1 aliphatic rings. The second-order valence-corrected chi connectivity index (χ2v) is 5.98. The van der Waals surface area contributed by atoms with Crippen molar-refractivity contribution in [1.29, 1.82) is 0 Å². The fourth-order valence-corrected chi connectivity index (χ4v) is 2.34. The first-order valence-electron chi connectivity index (χ1n) is 6.03. The molecule has 1 aromatic rings. The van der Waals surface area contributed by atoms with Gasteiger partial charge in [-0.1, -0.05) is 0 Å². The maximum Gasteiger partial charge on any atom is 0.472 e. The Balaban J connectivity index is 2.04. The molecule has 0 saturated carbocycles. The van der Waals surface area contributed by atoms with Crippen molar-refractivity contribution in [3.63, 3.8) is 0 Å². The quantitative estimate of drug-likeness (QED) is 0.595. The van der Waals surface area contributed by atoms with Gasteiger partial charge in [0, 0.05) is 19.7 Å². The number of nitrogen functional groups attached to an aromatic ring is 1. The Morgan fingerprint density at radius 1 is 1.67 bits per heavy atom. The summed E-state index contributed by atoms with van der Waals surface area (Å²) < 4.78 is 26.7. The third kappa shape index (κ3) is 3.88. The topological polar surface area (TPSA) is 146 Å². The SMILES string of the molecule is COP(=O)(O)OCC1OC(n2ccc(N)nc2=O)CC1O. The summed E-state index contributed by atoms with van der Waals surface area (Å²) in [5, 5.41) is 9.86. The minimum Gasteiger partial charge on any atom is -0.390 e. The van der Waals surface area contributed by atoms with Crippen LogP contribution in [0.15, 0.2) is 17.1 Å². The molecule has 21 heavy (non-hydrogen) atoms.